The van der Waals surface area contributed by atoms with Crippen LogP contribution in [0.1, 0.15) is 84.1 Å². The quantitative estimate of drug-likeness (QED) is 0.214. The summed E-state index contributed by atoms with van der Waals surface area (Å²) in [6, 6.07) is 7.14. The number of likely N-dealkylation sites (tertiary alicyclic amines) is 1. The van der Waals surface area contributed by atoms with Gasteiger partial charge in [0.25, 0.3) is 0 Å². The maximum absolute atomic E-state index is 14.6. The van der Waals surface area contributed by atoms with Gasteiger partial charge >= 0.3 is 11.9 Å². The van der Waals surface area contributed by atoms with Crippen molar-refractivity contribution in [2.24, 2.45) is 23.2 Å². The number of carbonyl (C=O) groups excluding carboxylic acids is 4. The van der Waals surface area contributed by atoms with Gasteiger partial charge in [-0.15, -0.1) is 6.58 Å². The summed E-state index contributed by atoms with van der Waals surface area (Å²) in [6.07, 6.45) is 8.31. The van der Waals surface area contributed by atoms with Crippen molar-refractivity contribution in [2.45, 2.75) is 103 Å². The predicted octanol–water partition coefficient (Wildman–Crippen LogP) is 6.14. The smallest absolute Gasteiger partial charge is 0.312 e. The number of amides is 1. The third kappa shape index (κ3) is 7.29. The van der Waals surface area contributed by atoms with Crippen molar-refractivity contribution in [2.75, 3.05) is 13.7 Å². The Kier molecular flexibility index (Phi) is 9.89. The summed E-state index contributed by atoms with van der Waals surface area (Å²) in [7, 11) is 1.33. The van der Waals surface area contributed by atoms with Crippen LogP contribution in [0.4, 0.5) is 0 Å². The fourth-order valence-electron chi connectivity index (χ4n) is 7.51. The number of methoxy groups -OCH3 is 1. The highest BCUT2D eigenvalue weighted by Gasteiger charge is 2.61. The van der Waals surface area contributed by atoms with Crippen LogP contribution in [0.2, 0.25) is 0 Å². The molecule has 1 amide bonds. The number of pyridine rings is 1. The number of ether oxygens (including phenoxy) is 3. The van der Waals surface area contributed by atoms with Crippen LogP contribution in [-0.2, 0) is 28.7 Å². The van der Waals surface area contributed by atoms with Crippen molar-refractivity contribution in [1.82, 2.24) is 9.88 Å². The van der Waals surface area contributed by atoms with E-state index in [4.69, 9.17) is 14.2 Å². The lowest BCUT2D eigenvalue weighted by Crippen LogP contribution is -2.47. The molecule has 0 bridgehead atoms. The van der Waals surface area contributed by atoms with Gasteiger partial charge in [0.2, 0.25) is 11.8 Å². The number of carbonyl (C=O) groups is 4. The normalized spacial score (nSPS) is 25.5. The number of allylic oxidation sites excluding steroid dienone is 1. The summed E-state index contributed by atoms with van der Waals surface area (Å²) in [4.78, 5) is 60.8. The van der Waals surface area contributed by atoms with Gasteiger partial charge in [0, 0.05) is 24.4 Å². The first-order valence-corrected chi connectivity index (χ1v) is 16.6. The number of esters is 2. The second-order valence-corrected chi connectivity index (χ2v) is 14.5. The van der Waals surface area contributed by atoms with Crippen molar-refractivity contribution in [3.63, 3.8) is 0 Å². The molecule has 2 aromatic rings. The number of aromatic nitrogens is 1. The SMILES string of the molecule is C=C[C@@H]1C[C@]1(CC(=O)[C@@H]1C[C@@H](Oc2nccc3cc(C)ccc23)CN1C(=O)[C@@H](CC(=O)OC(C)(C)C)C1CCCCC1)C(=O)OC. The van der Waals surface area contributed by atoms with E-state index in [1.165, 1.54) is 7.11 Å². The van der Waals surface area contributed by atoms with E-state index in [2.05, 4.69) is 17.6 Å². The Morgan fingerprint density at radius 2 is 1.87 bits per heavy atom. The highest BCUT2D eigenvalue weighted by molar-refractivity contribution is 5.96. The molecule has 5 rings (SSSR count). The second kappa shape index (κ2) is 13.5. The molecular weight excluding hydrogens is 584 g/mol. The van der Waals surface area contributed by atoms with E-state index < -0.39 is 41.0 Å². The fourth-order valence-corrected chi connectivity index (χ4v) is 7.51. The first-order valence-electron chi connectivity index (χ1n) is 16.6. The Balaban J connectivity index is 1.45. The third-order valence-corrected chi connectivity index (χ3v) is 9.92. The minimum Gasteiger partial charge on any atom is -0.472 e. The molecule has 0 unspecified atom stereocenters. The zero-order chi connectivity index (χ0) is 33.2. The molecule has 5 atom stereocenters. The predicted molar refractivity (Wildman–Crippen MR) is 174 cm³/mol. The molecule has 2 saturated carbocycles. The first-order chi connectivity index (χ1) is 21.8. The number of rotatable bonds is 11. The number of Topliss-reactive ketones (excluding diaryl/α,β-unsaturated/α-hetero) is 1. The molecule has 0 spiro atoms. The molecule has 0 N–H and O–H groups in total. The van der Waals surface area contributed by atoms with Crippen LogP contribution in [0.15, 0.2) is 43.1 Å². The van der Waals surface area contributed by atoms with E-state index in [-0.39, 0.29) is 49.3 Å². The van der Waals surface area contributed by atoms with Crippen LogP contribution in [-0.4, -0.2) is 64.9 Å². The summed E-state index contributed by atoms with van der Waals surface area (Å²) in [5.41, 5.74) is -0.528. The van der Waals surface area contributed by atoms with Gasteiger partial charge in [-0.3, -0.25) is 19.2 Å². The van der Waals surface area contributed by atoms with E-state index in [1.54, 1.807) is 17.2 Å². The molecule has 9 heteroatoms. The molecule has 3 fully saturated rings. The second-order valence-electron chi connectivity index (χ2n) is 14.5. The van der Waals surface area contributed by atoms with Gasteiger partial charge in [0.1, 0.15) is 11.7 Å². The van der Waals surface area contributed by atoms with Gasteiger partial charge in [0.05, 0.1) is 37.5 Å². The van der Waals surface area contributed by atoms with Gasteiger partial charge in [-0.25, -0.2) is 4.98 Å². The summed E-state index contributed by atoms with van der Waals surface area (Å²) in [5.74, 6) is -1.61. The monoisotopic (exact) mass is 632 g/mol. The largest absolute Gasteiger partial charge is 0.472 e. The summed E-state index contributed by atoms with van der Waals surface area (Å²) >= 11 is 0. The Bertz CT molecular complexity index is 1490. The topological polar surface area (TPSA) is 112 Å². The fraction of sp³-hybridized carbons (Fsp3) is 0.595. The maximum atomic E-state index is 14.6. The van der Waals surface area contributed by atoms with Gasteiger partial charge in [-0.2, -0.15) is 0 Å². The van der Waals surface area contributed by atoms with Crippen LogP contribution in [0, 0.1) is 30.1 Å². The van der Waals surface area contributed by atoms with Gasteiger partial charge < -0.3 is 19.1 Å². The molecular formula is C37H48N2O7. The maximum Gasteiger partial charge on any atom is 0.312 e. The van der Waals surface area contributed by atoms with Crippen LogP contribution in [0.3, 0.4) is 0 Å². The highest BCUT2D eigenvalue weighted by atomic mass is 16.6. The molecule has 1 aromatic heterocycles. The number of nitrogens with zero attached hydrogens (tertiary/aromatic N) is 2. The number of ketones is 1. The lowest BCUT2D eigenvalue weighted by atomic mass is 9.77. The highest BCUT2D eigenvalue weighted by Crippen LogP contribution is 2.57. The van der Waals surface area contributed by atoms with Crippen molar-refractivity contribution in [3.8, 4) is 5.88 Å². The van der Waals surface area contributed by atoms with Crippen LogP contribution >= 0.6 is 0 Å². The number of hydrogen-bond acceptors (Lipinski definition) is 8. The van der Waals surface area contributed by atoms with E-state index in [9.17, 15) is 19.2 Å². The number of fused-ring (bicyclic) bond motifs is 1. The van der Waals surface area contributed by atoms with Crippen molar-refractivity contribution in [3.05, 3.63) is 48.7 Å². The Labute approximate surface area is 272 Å². The zero-order valence-corrected chi connectivity index (χ0v) is 27.9. The first kappa shape index (κ1) is 33.6. The molecule has 248 valence electrons. The third-order valence-electron chi connectivity index (χ3n) is 9.92. The molecule has 1 aliphatic heterocycles. The van der Waals surface area contributed by atoms with Gasteiger partial charge in [0.15, 0.2) is 5.78 Å². The van der Waals surface area contributed by atoms with Crippen molar-refractivity contribution >= 4 is 34.4 Å². The lowest BCUT2D eigenvalue weighted by molar-refractivity contribution is -0.160. The van der Waals surface area contributed by atoms with Crippen LogP contribution < -0.4 is 4.74 Å². The summed E-state index contributed by atoms with van der Waals surface area (Å²) < 4.78 is 17.2. The standard InChI is InChI=1S/C37H48N2O7/c1-7-26-20-37(26,35(43)44-6)21-31(40)30-18-27(45-33-28-14-13-23(2)17-25(28)15-16-38-33)22-39(30)34(42)29(24-11-9-8-10-12-24)19-32(41)46-36(3,4)5/h7,13-17,24,26-27,29-30H,1,8-12,18-22H2,2-6H3/t26-,27-,29+,30+,37-/m1/s1. The zero-order valence-electron chi connectivity index (χ0n) is 27.9. The molecule has 3 aliphatic rings. The average molecular weight is 633 g/mol. The van der Waals surface area contributed by atoms with E-state index >= 15 is 0 Å². The molecule has 2 heterocycles. The number of aryl methyl sites for hydroxylation is 1. The molecule has 0 radical (unpaired) electrons. The molecule has 2 aliphatic carbocycles. The molecule has 46 heavy (non-hydrogen) atoms. The van der Waals surface area contributed by atoms with Crippen molar-refractivity contribution < 1.29 is 33.4 Å². The van der Waals surface area contributed by atoms with Crippen molar-refractivity contribution in [1.29, 1.82) is 0 Å². The average Bonchev–Trinajstić information content (AvgIpc) is 3.57. The van der Waals surface area contributed by atoms with Crippen LogP contribution in [0.25, 0.3) is 10.8 Å². The molecule has 1 saturated heterocycles. The molecule has 1 aromatic carbocycles. The van der Waals surface area contributed by atoms with E-state index in [1.807, 2.05) is 45.9 Å². The summed E-state index contributed by atoms with van der Waals surface area (Å²) in [5, 5.41) is 1.84. The van der Waals surface area contributed by atoms with Gasteiger partial charge in [-0.1, -0.05) is 43.0 Å². The minimum atomic E-state index is -0.963. The Morgan fingerprint density at radius 3 is 2.52 bits per heavy atom. The van der Waals surface area contributed by atoms with Gasteiger partial charge in [-0.05, 0) is 76.3 Å². The number of benzene rings is 1. The number of hydrogen-bond donors (Lipinski definition) is 0. The minimum absolute atomic E-state index is 0.0162. The van der Waals surface area contributed by atoms with Crippen LogP contribution in [0.5, 0.6) is 5.88 Å². The Morgan fingerprint density at radius 1 is 1.13 bits per heavy atom. The van der Waals surface area contributed by atoms with E-state index in [0.29, 0.717) is 12.3 Å². The van der Waals surface area contributed by atoms with E-state index in [0.717, 1.165) is 48.4 Å². The summed E-state index contributed by atoms with van der Waals surface area (Å²) in [6.45, 7) is 11.5. The Hall–Kier alpha value is -3.75. The molecule has 9 nitrogen and oxygen atoms in total. The lowest BCUT2D eigenvalue weighted by Gasteiger charge is -2.34.